The lowest BCUT2D eigenvalue weighted by atomic mass is 10.3. The maximum atomic E-state index is 11.6. The molecule has 1 saturated heterocycles. The molecule has 22 heavy (non-hydrogen) atoms. The van der Waals surface area contributed by atoms with Crippen LogP contribution in [0.15, 0.2) is 24.3 Å². The first-order valence-electron chi connectivity index (χ1n) is 7.09. The van der Waals surface area contributed by atoms with E-state index in [0.717, 1.165) is 18.7 Å². The molecule has 7 nitrogen and oxygen atoms in total. The van der Waals surface area contributed by atoms with Crippen molar-refractivity contribution in [3.05, 3.63) is 24.3 Å². The largest absolute Gasteiger partial charge is 0.484 e. The van der Waals surface area contributed by atoms with Crippen molar-refractivity contribution in [1.29, 1.82) is 0 Å². The summed E-state index contributed by atoms with van der Waals surface area (Å²) in [7, 11) is 0. The molecule has 0 bridgehead atoms. The van der Waals surface area contributed by atoms with Gasteiger partial charge in [0.05, 0.1) is 0 Å². The van der Waals surface area contributed by atoms with Crippen LogP contribution in [0, 0.1) is 0 Å². The molecule has 0 aromatic heterocycles. The van der Waals surface area contributed by atoms with Crippen LogP contribution < -0.4 is 20.7 Å². The number of amides is 3. The van der Waals surface area contributed by atoms with Crippen LogP contribution in [-0.4, -0.2) is 36.9 Å². The summed E-state index contributed by atoms with van der Waals surface area (Å²) in [5.41, 5.74) is 5.87. The highest BCUT2D eigenvalue weighted by molar-refractivity contribution is 5.95. The molecule has 0 saturated carbocycles. The van der Waals surface area contributed by atoms with Crippen LogP contribution in [0.4, 0.5) is 5.69 Å². The Kier molecular flexibility index (Phi) is 4.98. The van der Waals surface area contributed by atoms with Crippen LogP contribution in [0.25, 0.3) is 0 Å². The molecule has 1 fully saturated rings. The summed E-state index contributed by atoms with van der Waals surface area (Å²) in [6.45, 7) is 2.02. The maximum absolute atomic E-state index is 11.6. The van der Waals surface area contributed by atoms with E-state index in [1.165, 1.54) is 6.92 Å². The molecule has 0 radical (unpaired) electrons. The third-order valence-corrected chi connectivity index (χ3v) is 3.40. The third kappa shape index (κ3) is 3.97. The quantitative estimate of drug-likeness (QED) is 0.783. The monoisotopic (exact) mass is 305 g/mol. The first kappa shape index (κ1) is 15.8. The Morgan fingerprint density at radius 1 is 1.36 bits per heavy atom. The molecule has 0 aliphatic carbocycles. The SMILES string of the molecule is CC(NC(=O)COc1ccc(N2CCCC2=O)cc1)C(N)=O. The lowest BCUT2D eigenvalue weighted by Gasteiger charge is -2.16. The van der Waals surface area contributed by atoms with Crippen molar-refractivity contribution in [1.82, 2.24) is 5.32 Å². The molecule has 118 valence electrons. The Labute approximate surface area is 128 Å². The molecule has 3 N–H and O–H groups in total. The van der Waals surface area contributed by atoms with Gasteiger partial charge in [0, 0.05) is 18.7 Å². The summed E-state index contributed by atoms with van der Waals surface area (Å²) in [5, 5.41) is 2.42. The number of benzene rings is 1. The summed E-state index contributed by atoms with van der Waals surface area (Å²) in [6, 6.07) is 6.22. The predicted octanol–water partition coefficient (Wildman–Crippen LogP) is 0.182. The van der Waals surface area contributed by atoms with E-state index in [-0.39, 0.29) is 12.5 Å². The average Bonchev–Trinajstić information content (AvgIpc) is 2.91. The highest BCUT2D eigenvalue weighted by Gasteiger charge is 2.21. The summed E-state index contributed by atoms with van der Waals surface area (Å²) in [4.78, 5) is 35.8. The standard InChI is InChI=1S/C15H19N3O4/c1-10(15(16)21)17-13(19)9-22-12-6-4-11(5-7-12)18-8-2-3-14(18)20/h4-7,10H,2-3,8-9H2,1H3,(H2,16,21)(H,17,19). The van der Waals surface area contributed by atoms with Gasteiger partial charge in [-0.15, -0.1) is 0 Å². The molecular weight excluding hydrogens is 286 g/mol. The minimum atomic E-state index is -0.736. The van der Waals surface area contributed by atoms with Crippen LogP contribution in [-0.2, 0) is 14.4 Å². The Morgan fingerprint density at radius 2 is 2.05 bits per heavy atom. The van der Waals surface area contributed by atoms with Crippen molar-refractivity contribution in [3.63, 3.8) is 0 Å². The molecule has 7 heteroatoms. The van der Waals surface area contributed by atoms with Gasteiger partial charge in [0.1, 0.15) is 11.8 Å². The van der Waals surface area contributed by atoms with Gasteiger partial charge in [-0.3, -0.25) is 14.4 Å². The van der Waals surface area contributed by atoms with Gasteiger partial charge in [0.2, 0.25) is 11.8 Å². The fourth-order valence-corrected chi connectivity index (χ4v) is 2.15. The Balaban J connectivity index is 1.85. The molecule has 2 rings (SSSR count). The number of hydrogen-bond donors (Lipinski definition) is 2. The molecule has 1 aromatic rings. The highest BCUT2D eigenvalue weighted by Crippen LogP contribution is 2.23. The van der Waals surface area contributed by atoms with Crippen molar-refractivity contribution in [3.8, 4) is 5.75 Å². The molecule has 1 atom stereocenters. The van der Waals surface area contributed by atoms with Gasteiger partial charge >= 0.3 is 0 Å². The van der Waals surface area contributed by atoms with Crippen LogP contribution in [0.5, 0.6) is 5.75 Å². The second-order valence-corrected chi connectivity index (χ2v) is 5.12. The van der Waals surface area contributed by atoms with E-state index in [2.05, 4.69) is 5.32 Å². The van der Waals surface area contributed by atoms with Gasteiger partial charge in [-0.1, -0.05) is 0 Å². The van der Waals surface area contributed by atoms with E-state index in [9.17, 15) is 14.4 Å². The summed E-state index contributed by atoms with van der Waals surface area (Å²) < 4.78 is 5.33. The van der Waals surface area contributed by atoms with Gasteiger partial charge in [-0.05, 0) is 37.6 Å². The van der Waals surface area contributed by atoms with E-state index in [1.54, 1.807) is 29.2 Å². The molecule has 3 amide bonds. The van der Waals surface area contributed by atoms with Gasteiger partial charge in [0.25, 0.3) is 5.91 Å². The van der Waals surface area contributed by atoms with E-state index >= 15 is 0 Å². The average molecular weight is 305 g/mol. The summed E-state index contributed by atoms with van der Waals surface area (Å²) in [6.07, 6.45) is 1.45. The first-order chi connectivity index (χ1) is 10.5. The highest BCUT2D eigenvalue weighted by atomic mass is 16.5. The zero-order chi connectivity index (χ0) is 16.1. The van der Waals surface area contributed by atoms with Crippen molar-refractivity contribution in [2.45, 2.75) is 25.8 Å². The topological polar surface area (TPSA) is 102 Å². The zero-order valence-electron chi connectivity index (χ0n) is 12.4. The molecule has 1 aliphatic rings. The van der Waals surface area contributed by atoms with Gasteiger partial charge in [-0.2, -0.15) is 0 Å². The van der Waals surface area contributed by atoms with E-state index < -0.39 is 17.9 Å². The minimum Gasteiger partial charge on any atom is -0.484 e. The van der Waals surface area contributed by atoms with Crippen LogP contribution >= 0.6 is 0 Å². The van der Waals surface area contributed by atoms with E-state index in [1.807, 2.05) is 0 Å². The molecule has 1 heterocycles. The number of nitrogens with two attached hydrogens (primary N) is 1. The molecule has 1 aromatic carbocycles. The molecular formula is C15H19N3O4. The van der Waals surface area contributed by atoms with E-state index in [4.69, 9.17) is 10.5 Å². The number of rotatable bonds is 6. The third-order valence-electron chi connectivity index (χ3n) is 3.40. The number of ether oxygens (including phenoxy) is 1. The predicted molar refractivity (Wildman–Crippen MR) is 80.3 cm³/mol. The lowest BCUT2D eigenvalue weighted by molar-refractivity contribution is -0.128. The Hall–Kier alpha value is -2.57. The smallest absolute Gasteiger partial charge is 0.258 e. The van der Waals surface area contributed by atoms with Crippen LogP contribution in [0.3, 0.4) is 0 Å². The van der Waals surface area contributed by atoms with Gasteiger partial charge in [-0.25, -0.2) is 0 Å². The molecule has 1 aliphatic heterocycles. The second kappa shape index (κ2) is 6.93. The van der Waals surface area contributed by atoms with Crippen molar-refractivity contribution in [2.24, 2.45) is 5.73 Å². The number of hydrogen-bond acceptors (Lipinski definition) is 4. The summed E-state index contributed by atoms with van der Waals surface area (Å²) >= 11 is 0. The van der Waals surface area contributed by atoms with Crippen molar-refractivity contribution < 1.29 is 19.1 Å². The van der Waals surface area contributed by atoms with Crippen LogP contribution in [0.1, 0.15) is 19.8 Å². The maximum Gasteiger partial charge on any atom is 0.258 e. The van der Waals surface area contributed by atoms with Gasteiger partial charge in [0.15, 0.2) is 6.61 Å². The normalized spacial score (nSPS) is 15.5. The molecule has 1 unspecified atom stereocenters. The Morgan fingerprint density at radius 3 is 2.59 bits per heavy atom. The lowest BCUT2D eigenvalue weighted by Crippen LogP contribution is -2.44. The fourth-order valence-electron chi connectivity index (χ4n) is 2.15. The fraction of sp³-hybridized carbons (Fsp3) is 0.400. The number of carbonyl (C=O) groups is 3. The number of carbonyl (C=O) groups excluding carboxylic acids is 3. The van der Waals surface area contributed by atoms with Gasteiger partial charge < -0.3 is 20.7 Å². The first-order valence-corrected chi connectivity index (χ1v) is 7.09. The second-order valence-electron chi connectivity index (χ2n) is 5.12. The number of anilines is 1. The zero-order valence-corrected chi connectivity index (χ0v) is 12.4. The number of nitrogens with zero attached hydrogens (tertiary/aromatic N) is 1. The number of primary amides is 1. The van der Waals surface area contributed by atoms with Crippen molar-refractivity contribution in [2.75, 3.05) is 18.1 Å². The van der Waals surface area contributed by atoms with Crippen LogP contribution in [0.2, 0.25) is 0 Å². The van der Waals surface area contributed by atoms with E-state index in [0.29, 0.717) is 12.2 Å². The number of nitrogens with one attached hydrogen (secondary N) is 1. The Bertz CT molecular complexity index is 571. The van der Waals surface area contributed by atoms with Crippen molar-refractivity contribution >= 4 is 23.4 Å². The summed E-state index contributed by atoms with van der Waals surface area (Å²) in [5.74, 6) is -0.399. The molecule has 0 spiro atoms. The minimum absolute atomic E-state index is 0.119.